The zero-order valence-corrected chi connectivity index (χ0v) is 13.6. The van der Waals surface area contributed by atoms with Crippen LogP contribution in [0.2, 0.25) is 0 Å². The van der Waals surface area contributed by atoms with Crippen molar-refractivity contribution < 1.29 is 9.84 Å². The molecule has 0 bridgehead atoms. The minimum absolute atomic E-state index is 0.172. The maximum Gasteiger partial charge on any atom is 0.119 e. The van der Waals surface area contributed by atoms with Gasteiger partial charge >= 0.3 is 0 Å². The molecule has 0 radical (unpaired) electrons. The van der Waals surface area contributed by atoms with Gasteiger partial charge in [-0.2, -0.15) is 11.3 Å². The number of thiophene rings is 1. The molecule has 0 amide bonds. The lowest BCUT2D eigenvalue weighted by Crippen LogP contribution is -2.36. The Kier molecular flexibility index (Phi) is 5.39. The zero-order chi connectivity index (χ0) is 15.3. The van der Waals surface area contributed by atoms with Gasteiger partial charge in [0.15, 0.2) is 0 Å². The third-order valence-corrected chi connectivity index (χ3v) is 4.27. The minimum atomic E-state index is -0.848. The van der Waals surface area contributed by atoms with Gasteiger partial charge in [0.1, 0.15) is 11.4 Å². The summed E-state index contributed by atoms with van der Waals surface area (Å²) in [5.41, 5.74) is 1.29. The van der Waals surface area contributed by atoms with Gasteiger partial charge in [-0.05, 0) is 60.9 Å². The topological polar surface area (TPSA) is 41.5 Å². The minimum Gasteiger partial charge on any atom is -0.494 e. The van der Waals surface area contributed by atoms with Crippen molar-refractivity contribution in [1.82, 2.24) is 5.32 Å². The van der Waals surface area contributed by atoms with E-state index in [0.717, 1.165) is 11.3 Å². The highest BCUT2D eigenvalue weighted by Crippen LogP contribution is 2.24. The number of aliphatic hydroxyl groups is 1. The van der Waals surface area contributed by atoms with Crippen molar-refractivity contribution in [2.24, 2.45) is 0 Å². The van der Waals surface area contributed by atoms with Crippen LogP contribution in [-0.2, 0) is 5.60 Å². The summed E-state index contributed by atoms with van der Waals surface area (Å²) in [4.78, 5) is 0. The van der Waals surface area contributed by atoms with E-state index in [0.29, 0.717) is 13.2 Å². The molecule has 1 aromatic heterocycles. The van der Waals surface area contributed by atoms with Gasteiger partial charge in [0.25, 0.3) is 0 Å². The molecule has 0 aliphatic carbocycles. The fourth-order valence-corrected chi connectivity index (χ4v) is 2.94. The molecule has 3 nitrogen and oxygen atoms in total. The fourth-order valence-electron chi connectivity index (χ4n) is 2.16. The van der Waals surface area contributed by atoms with E-state index in [9.17, 15) is 5.11 Å². The van der Waals surface area contributed by atoms with Crippen LogP contribution in [0.3, 0.4) is 0 Å². The van der Waals surface area contributed by atoms with Crippen molar-refractivity contribution in [2.45, 2.75) is 32.4 Å². The molecule has 0 aliphatic heterocycles. The highest BCUT2D eigenvalue weighted by atomic mass is 32.1. The highest BCUT2D eigenvalue weighted by molar-refractivity contribution is 7.08. The molecule has 114 valence electrons. The predicted octanol–water partition coefficient (Wildman–Crippen LogP) is 3.71. The molecule has 0 saturated heterocycles. The van der Waals surface area contributed by atoms with Crippen LogP contribution in [0.4, 0.5) is 0 Å². The van der Waals surface area contributed by atoms with Gasteiger partial charge < -0.3 is 15.2 Å². The average Bonchev–Trinajstić information content (AvgIpc) is 3.01. The molecular weight excluding hydrogens is 282 g/mol. The maximum absolute atomic E-state index is 10.5. The van der Waals surface area contributed by atoms with Gasteiger partial charge in [0.2, 0.25) is 0 Å². The molecule has 0 spiro atoms. The smallest absolute Gasteiger partial charge is 0.119 e. The van der Waals surface area contributed by atoms with Gasteiger partial charge in [-0.3, -0.25) is 0 Å². The predicted molar refractivity (Wildman–Crippen MR) is 87.9 cm³/mol. The first-order valence-corrected chi connectivity index (χ1v) is 8.18. The van der Waals surface area contributed by atoms with Crippen molar-refractivity contribution in [3.05, 3.63) is 52.2 Å². The van der Waals surface area contributed by atoms with Crippen LogP contribution in [0.5, 0.6) is 5.75 Å². The van der Waals surface area contributed by atoms with Crippen molar-refractivity contribution >= 4 is 11.3 Å². The zero-order valence-electron chi connectivity index (χ0n) is 12.8. The molecule has 21 heavy (non-hydrogen) atoms. The average molecular weight is 305 g/mol. The maximum atomic E-state index is 10.5. The molecule has 2 rings (SSSR count). The first-order chi connectivity index (χ1) is 10.0. The molecule has 0 saturated carbocycles. The molecular formula is C17H23NO2S. The van der Waals surface area contributed by atoms with E-state index in [4.69, 9.17) is 4.74 Å². The standard InChI is InChI=1S/C17H23NO2S/c1-4-20-16-7-5-14(6-8-16)13(2)18-12-17(3,19)15-9-10-21-11-15/h5-11,13,18-19H,4,12H2,1-3H3. The second-order valence-corrected chi connectivity index (χ2v) is 6.17. The third-order valence-electron chi connectivity index (χ3n) is 3.59. The number of hydrogen-bond donors (Lipinski definition) is 2. The monoisotopic (exact) mass is 305 g/mol. The molecule has 4 heteroatoms. The highest BCUT2D eigenvalue weighted by Gasteiger charge is 2.24. The van der Waals surface area contributed by atoms with Crippen molar-refractivity contribution in [2.75, 3.05) is 13.2 Å². The summed E-state index contributed by atoms with van der Waals surface area (Å²) in [5, 5.41) is 17.9. The van der Waals surface area contributed by atoms with E-state index < -0.39 is 5.60 Å². The summed E-state index contributed by atoms with van der Waals surface area (Å²) in [6.07, 6.45) is 0. The van der Waals surface area contributed by atoms with E-state index in [1.807, 2.05) is 42.8 Å². The molecule has 1 aromatic carbocycles. The summed E-state index contributed by atoms with van der Waals surface area (Å²) in [7, 11) is 0. The summed E-state index contributed by atoms with van der Waals surface area (Å²) >= 11 is 1.60. The van der Waals surface area contributed by atoms with Crippen molar-refractivity contribution in [3.8, 4) is 5.75 Å². The summed E-state index contributed by atoms with van der Waals surface area (Å²) in [6, 6.07) is 10.2. The van der Waals surface area contributed by atoms with Gasteiger partial charge in [0.05, 0.1) is 6.61 Å². The van der Waals surface area contributed by atoms with Crippen molar-refractivity contribution in [3.63, 3.8) is 0 Å². The van der Waals surface area contributed by atoms with Gasteiger partial charge in [-0.15, -0.1) is 0 Å². The first-order valence-electron chi connectivity index (χ1n) is 7.24. The number of benzene rings is 1. The van der Waals surface area contributed by atoms with E-state index in [2.05, 4.69) is 24.4 Å². The second-order valence-electron chi connectivity index (χ2n) is 5.39. The van der Waals surface area contributed by atoms with Gasteiger partial charge in [-0.1, -0.05) is 12.1 Å². The fraction of sp³-hybridized carbons (Fsp3) is 0.412. The van der Waals surface area contributed by atoms with Gasteiger partial charge in [-0.25, -0.2) is 0 Å². The Morgan fingerprint density at radius 2 is 2.00 bits per heavy atom. The number of ether oxygens (including phenoxy) is 1. The molecule has 0 aliphatic rings. The molecule has 0 fully saturated rings. The SMILES string of the molecule is CCOc1ccc(C(C)NCC(C)(O)c2ccsc2)cc1. The summed E-state index contributed by atoms with van der Waals surface area (Å²) in [5.74, 6) is 0.888. The Labute approximate surface area is 130 Å². The summed E-state index contributed by atoms with van der Waals surface area (Å²) in [6.45, 7) is 7.10. The van der Waals surface area contributed by atoms with Crippen LogP contribution in [0.15, 0.2) is 41.1 Å². The van der Waals surface area contributed by atoms with Crippen LogP contribution in [0, 0.1) is 0 Å². The summed E-state index contributed by atoms with van der Waals surface area (Å²) < 4.78 is 5.44. The molecule has 2 aromatic rings. The number of rotatable bonds is 7. The van der Waals surface area contributed by atoms with Crippen molar-refractivity contribution in [1.29, 1.82) is 0 Å². The lowest BCUT2D eigenvalue weighted by Gasteiger charge is -2.25. The lowest BCUT2D eigenvalue weighted by molar-refractivity contribution is 0.0548. The Balaban J connectivity index is 1.93. The second kappa shape index (κ2) is 7.07. The van der Waals surface area contributed by atoms with E-state index in [1.165, 1.54) is 5.56 Å². The number of nitrogens with one attached hydrogen (secondary N) is 1. The Hall–Kier alpha value is -1.36. The Bertz CT molecular complexity index is 534. The van der Waals surface area contributed by atoms with E-state index >= 15 is 0 Å². The lowest BCUT2D eigenvalue weighted by atomic mass is 9.98. The first kappa shape index (κ1) is 16.0. The Morgan fingerprint density at radius 1 is 1.29 bits per heavy atom. The van der Waals surface area contributed by atoms with E-state index in [1.54, 1.807) is 11.3 Å². The number of hydrogen-bond acceptors (Lipinski definition) is 4. The molecule has 1 heterocycles. The normalized spacial score (nSPS) is 15.4. The Morgan fingerprint density at radius 3 is 2.57 bits per heavy atom. The molecule has 2 unspecified atom stereocenters. The van der Waals surface area contributed by atoms with Gasteiger partial charge in [0, 0.05) is 12.6 Å². The van der Waals surface area contributed by atoms with Crippen LogP contribution in [0.1, 0.15) is 37.9 Å². The largest absolute Gasteiger partial charge is 0.494 e. The quantitative estimate of drug-likeness (QED) is 0.819. The van der Waals surface area contributed by atoms with Crippen LogP contribution in [0.25, 0.3) is 0 Å². The molecule has 2 N–H and O–H groups in total. The van der Waals surface area contributed by atoms with E-state index in [-0.39, 0.29) is 6.04 Å². The van der Waals surface area contributed by atoms with Crippen LogP contribution >= 0.6 is 11.3 Å². The van der Waals surface area contributed by atoms with Crippen LogP contribution in [-0.4, -0.2) is 18.3 Å². The molecule has 2 atom stereocenters. The third kappa shape index (κ3) is 4.30. The van der Waals surface area contributed by atoms with Crippen LogP contribution < -0.4 is 10.1 Å².